The van der Waals surface area contributed by atoms with Gasteiger partial charge >= 0.3 is 0 Å². The molecule has 118 valence electrons. The average Bonchev–Trinajstić information content (AvgIpc) is 3.30. The highest BCUT2D eigenvalue weighted by Crippen LogP contribution is 2.32. The van der Waals surface area contributed by atoms with E-state index in [1.165, 1.54) is 15.8 Å². The van der Waals surface area contributed by atoms with E-state index in [0.29, 0.717) is 0 Å². The Balaban J connectivity index is 1.82. The Morgan fingerprint density at radius 1 is 1.13 bits per heavy atom. The molecule has 4 heteroatoms. The van der Waals surface area contributed by atoms with Crippen LogP contribution in [0.1, 0.15) is 41.9 Å². The standard InChI is InChI=1S/C19H20N2OS/c1-14(15-7-3-2-4-8-15)21-17(13-16-9-12-23-19(16)21)18(22)20-10-5-6-11-20/h2-4,7-9,12-14H,5-6,10-11H2,1H3/t14-/m1/s1. The third-order valence-electron chi connectivity index (χ3n) is 4.73. The second-order valence-corrected chi connectivity index (χ2v) is 7.06. The molecule has 4 rings (SSSR count). The van der Waals surface area contributed by atoms with Crippen molar-refractivity contribution in [1.82, 2.24) is 9.47 Å². The van der Waals surface area contributed by atoms with E-state index in [1.54, 1.807) is 11.3 Å². The molecule has 3 nitrogen and oxygen atoms in total. The number of aromatic nitrogens is 1. The van der Waals surface area contributed by atoms with Crippen LogP contribution in [-0.2, 0) is 0 Å². The summed E-state index contributed by atoms with van der Waals surface area (Å²) in [6.07, 6.45) is 2.24. The van der Waals surface area contributed by atoms with Crippen LogP contribution in [0, 0.1) is 0 Å². The van der Waals surface area contributed by atoms with Crippen LogP contribution in [0.25, 0.3) is 10.2 Å². The molecular formula is C19H20N2OS. The van der Waals surface area contributed by atoms with Gasteiger partial charge in [0.25, 0.3) is 5.91 Å². The quantitative estimate of drug-likeness (QED) is 0.694. The maximum absolute atomic E-state index is 13.0. The summed E-state index contributed by atoms with van der Waals surface area (Å²) in [7, 11) is 0. The predicted octanol–water partition coefficient (Wildman–Crippen LogP) is 4.55. The van der Waals surface area contributed by atoms with Crippen molar-refractivity contribution in [2.24, 2.45) is 0 Å². The lowest BCUT2D eigenvalue weighted by Gasteiger charge is -2.21. The third-order valence-corrected chi connectivity index (χ3v) is 5.65. The molecule has 0 spiro atoms. The molecule has 0 bridgehead atoms. The van der Waals surface area contributed by atoms with Crippen LogP contribution in [0.5, 0.6) is 0 Å². The smallest absolute Gasteiger partial charge is 0.270 e. The Kier molecular flexibility index (Phi) is 3.69. The van der Waals surface area contributed by atoms with Crippen LogP contribution in [-0.4, -0.2) is 28.5 Å². The van der Waals surface area contributed by atoms with Crippen molar-refractivity contribution in [3.8, 4) is 0 Å². The molecule has 0 N–H and O–H groups in total. The lowest BCUT2D eigenvalue weighted by atomic mass is 10.1. The molecule has 1 saturated heterocycles. The molecule has 0 aliphatic carbocycles. The Morgan fingerprint density at radius 2 is 1.87 bits per heavy atom. The van der Waals surface area contributed by atoms with Crippen molar-refractivity contribution >= 4 is 27.5 Å². The summed E-state index contributed by atoms with van der Waals surface area (Å²) in [4.78, 5) is 16.2. The fraction of sp³-hybridized carbons (Fsp3) is 0.316. The zero-order valence-electron chi connectivity index (χ0n) is 13.2. The summed E-state index contributed by atoms with van der Waals surface area (Å²) in [6, 6.07) is 14.7. The second-order valence-electron chi connectivity index (χ2n) is 6.17. The summed E-state index contributed by atoms with van der Waals surface area (Å²) in [5, 5.41) is 3.27. The monoisotopic (exact) mass is 324 g/mol. The van der Waals surface area contributed by atoms with E-state index >= 15 is 0 Å². The summed E-state index contributed by atoms with van der Waals surface area (Å²) >= 11 is 1.71. The first kappa shape index (κ1) is 14.5. The summed E-state index contributed by atoms with van der Waals surface area (Å²) in [5.74, 6) is 0.175. The summed E-state index contributed by atoms with van der Waals surface area (Å²) in [6.45, 7) is 3.95. The highest BCUT2D eigenvalue weighted by Gasteiger charge is 2.26. The number of amides is 1. The maximum Gasteiger partial charge on any atom is 0.270 e. The number of likely N-dealkylation sites (tertiary alicyclic amines) is 1. The number of nitrogens with zero attached hydrogens (tertiary/aromatic N) is 2. The molecule has 3 aromatic rings. The highest BCUT2D eigenvalue weighted by molar-refractivity contribution is 7.16. The minimum atomic E-state index is 0.147. The molecule has 3 heterocycles. The number of rotatable bonds is 3. The number of benzene rings is 1. The van der Waals surface area contributed by atoms with Crippen molar-refractivity contribution in [3.63, 3.8) is 0 Å². The molecule has 1 atom stereocenters. The van der Waals surface area contributed by atoms with Gasteiger partial charge < -0.3 is 9.47 Å². The van der Waals surface area contributed by atoms with Crippen LogP contribution in [0.2, 0.25) is 0 Å². The summed E-state index contributed by atoms with van der Waals surface area (Å²) in [5.41, 5.74) is 2.05. The second kappa shape index (κ2) is 5.85. The van der Waals surface area contributed by atoms with Gasteiger partial charge in [0.2, 0.25) is 0 Å². The van der Waals surface area contributed by atoms with Gasteiger partial charge in [0.05, 0.1) is 6.04 Å². The molecular weight excluding hydrogens is 304 g/mol. The molecule has 1 amide bonds. The fourth-order valence-electron chi connectivity index (χ4n) is 3.46. The van der Waals surface area contributed by atoms with Crippen LogP contribution in [0.15, 0.2) is 47.8 Å². The van der Waals surface area contributed by atoms with Gasteiger partial charge in [-0.15, -0.1) is 11.3 Å². The van der Waals surface area contributed by atoms with Gasteiger partial charge in [-0.3, -0.25) is 4.79 Å². The van der Waals surface area contributed by atoms with E-state index in [9.17, 15) is 4.79 Å². The Bertz CT molecular complexity index is 828. The van der Waals surface area contributed by atoms with Gasteiger partial charge in [-0.1, -0.05) is 30.3 Å². The minimum absolute atomic E-state index is 0.147. The Hall–Kier alpha value is -2.07. The number of hydrogen-bond acceptors (Lipinski definition) is 2. The zero-order chi connectivity index (χ0) is 15.8. The van der Waals surface area contributed by atoms with Crippen molar-refractivity contribution in [2.75, 3.05) is 13.1 Å². The van der Waals surface area contributed by atoms with Crippen LogP contribution in [0.4, 0.5) is 0 Å². The van der Waals surface area contributed by atoms with Gasteiger partial charge in [-0.05, 0) is 42.8 Å². The largest absolute Gasteiger partial charge is 0.337 e. The highest BCUT2D eigenvalue weighted by atomic mass is 32.1. The first-order valence-corrected chi connectivity index (χ1v) is 9.06. The van der Waals surface area contributed by atoms with Crippen LogP contribution < -0.4 is 0 Å². The number of fused-ring (bicyclic) bond motifs is 1. The molecule has 0 unspecified atom stereocenters. The van der Waals surface area contributed by atoms with Gasteiger partial charge in [0, 0.05) is 18.5 Å². The van der Waals surface area contributed by atoms with Crippen LogP contribution >= 0.6 is 11.3 Å². The number of thiophene rings is 1. The normalized spacial score (nSPS) is 16.1. The van der Waals surface area contributed by atoms with Gasteiger partial charge in [0.1, 0.15) is 10.5 Å². The van der Waals surface area contributed by atoms with Crippen molar-refractivity contribution in [1.29, 1.82) is 0 Å². The lowest BCUT2D eigenvalue weighted by Crippen LogP contribution is -2.30. The molecule has 1 aliphatic rings. The first-order chi connectivity index (χ1) is 11.3. The first-order valence-electron chi connectivity index (χ1n) is 8.18. The van der Waals surface area contributed by atoms with Crippen molar-refractivity contribution in [2.45, 2.75) is 25.8 Å². The van der Waals surface area contributed by atoms with E-state index in [4.69, 9.17) is 0 Å². The molecule has 1 fully saturated rings. The summed E-state index contributed by atoms with van der Waals surface area (Å²) < 4.78 is 2.22. The third kappa shape index (κ3) is 2.47. The fourth-order valence-corrected chi connectivity index (χ4v) is 4.43. The number of carbonyl (C=O) groups is 1. The molecule has 1 aromatic carbocycles. The van der Waals surface area contributed by atoms with Crippen LogP contribution in [0.3, 0.4) is 0 Å². The Morgan fingerprint density at radius 3 is 2.61 bits per heavy atom. The van der Waals surface area contributed by atoms with E-state index in [-0.39, 0.29) is 11.9 Å². The molecule has 23 heavy (non-hydrogen) atoms. The predicted molar refractivity (Wildman–Crippen MR) is 95.2 cm³/mol. The molecule has 2 aromatic heterocycles. The SMILES string of the molecule is C[C@H](c1ccccc1)n1c(C(=O)N2CCCC2)cc2ccsc21. The number of carbonyl (C=O) groups excluding carboxylic acids is 1. The molecule has 0 saturated carbocycles. The lowest BCUT2D eigenvalue weighted by molar-refractivity contribution is 0.0781. The zero-order valence-corrected chi connectivity index (χ0v) is 14.1. The van der Waals surface area contributed by atoms with E-state index in [1.807, 2.05) is 11.0 Å². The maximum atomic E-state index is 13.0. The van der Waals surface area contributed by atoms with E-state index < -0.39 is 0 Å². The topological polar surface area (TPSA) is 25.2 Å². The van der Waals surface area contributed by atoms with E-state index in [0.717, 1.165) is 31.6 Å². The minimum Gasteiger partial charge on any atom is -0.337 e. The van der Waals surface area contributed by atoms with Crippen molar-refractivity contribution in [3.05, 3.63) is 59.1 Å². The Labute approximate surface area is 140 Å². The molecule has 1 aliphatic heterocycles. The van der Waals surface area contributed by atoms with Gasteiger partial charge in [-0.25, -0.2) is 0 Å². The van der Waals surface area contributed by atoms with Crippen molar-refractivity contribution < 1.29 is 4.79 Å². The molecule has 0 radical (unpaired) electrons. The van der Waals surface area contributed by atoms with Gasteiger partial charge in [0.15, 0.2) is 0 Å². The number of hydrogen-bond donors (Lipinski definition) is 0. The average molecular weight is 324 g/mol. The van der Waals surface area contributed by atoms with Gasteiger partial charge in [-0.2, -0.15) is 0 Å². The van der Waals surface area contributed by atoms with E-state index in [2.05, 4.69) is 53.3 Å².